The number of benzene rings is 1. The number of aliphatic hydroxyl groups is 1. The third-order valence-electron chi connectivity index (χ3n) is 3.05. The minimum Gasteiger partial charge on any atom is -0.393 e. The minimum atomic E-state index is -4.34. The molecule has 0 heterocycles. The molecule has 1 rings (SSSR count). The van der Waals surface area contributed by atoms with Crippen molar-refractivity contribution in [3.63, 3.8) is 0 Å². The number of carbonyl (C=O) groups is 1. The quantitative estimate of drug-likeness (QED) is 0.755. The van der Waals surface area contributed by atoms with Crippen LogP contribution in [-0.4, -0.2) is 29.8 Å². The molecular formula is C15H21F3N2O2. The van der Waals surface area contributed by atoms with Gasteiger partial charge in [0, 0.05) is 12.6 Å². The maximum Gasteiger partial charge on any atom is 0.416 e. The van der Waals surface area contributed by atoms with Gasteiger partial charge in [-0.1, -0.05) is 12.1 Å². The highest BCUT2D eigenvalue weighted by molar-refractivity contribution is 5.74. The fourth-order valence-corrected chi connectivity index (χ4v) is 1.90. The molecular weight excluding hydrogens is 297 g/mol. The number of aliphatic hydroxyl groups excluding tert-OH is 1. The molecule has 0 aromatic heterocycles. The summed E-state index contributed by atoms with van der Waals surface area (Å²) in [5.41, 5.74) is 0.0255. The number of halogens is 3. The number of hydrogen-bond donors (Lipinski definition) is 3. The molecule has 0 radical (unpaired) electrons. The Balaban J connectivity index is 2.41. The highest BCUT2D eigenvalue weighted by Gasteiger charge is 2.29. The monoisotopic (exact) mass is 318 g/mol. The van der Waals surface area contributed by atoms with E-state index in [1.807, 2.05) is 0 Å². The SMILES string of the molecule is CC(O)CCNC(=O)NC(C)Cc1ccc(C(F)(F)F)cc1. The van der Waals surface area contributed by atoms with E-state index in [4.69, 9.17) is 5.11 Å². The van der Waals surface area contributed by atoms with Crippen LogP contribution in [-0.2, 0) is 12.6 Å². The largest absolute Gasteiger partial charge is 0.416 e. The summed E-state index contributed by atoms with van der Waals surface area (Å²) >= 11 is 0. The molecule has 2 atom stereocenters. The van der Waals surface area contributed by atoms with Crippen LogP contribution in [0.25, 0.3) is 0 Å². The fraction of sp³-hybridized carbons (Fsp3) is 0.533. The number of nitrogens with one attached hydrogen (secondary N) is 2. The first kappa shape index (κ1) is 18.3. The van der Waals surface area contributed by atoms with Crippen LogP contribution in [0.5, 0.6) is 0 Å². The summed E-state index contributed by atoms with van der Waals surface area (Å²) in [6.45, 7) is 3.76. The predicted molar refractivity (Wildman–Crippen MR) is 77.4 cm³/mol. The summed E-state index contributed by atoms with van der Waals surface area (Å²) in [6.07, 6.45) is -3.93. The van der Waals surface area contributed by atoms with Gasteiger partial charge in [0.1, 0.15) is 0 Å². The van der Waals surface area contributed by atoms with Crippen LogP contribution in [0.1, 0.15) is 31.4 Å². The average molecular weight is 318 g/mol. The molecule has 0 fully saturated rings. The Bertz CT molecular complexity index is 473. The van der Waals surface area contributed by atoms with E-state index in [0.717, 1.165) is 12.1 Å². The smallest absolute Gasteiger partial charge is 0.393 e. The van der Waals surface area contributed by atoms with Gasteiger partial charge in [0.2, 0.25) is 0 Å². The van der Waals surface area contributed by atoms with Crippen LogP contribution in [0.15, 0.2) is 24.3 Å². The highest BCUT2D eigenvalue weighted by Crippen LogP contribution is 2.29. The van der Waals surface area contributed by atoms with Gasteiger partial charge in [-0.3, -0.25) is 0 Å². The van der Waals surface area contributed by atoms with E-state index in [2.05, 4.69) is 10.6 Å². The van der Waals surface area contributed by atoms with Crippen molar-refractivity contribution in [3.05, 3.63) is 35.4 Å². The van der Waals surface area contributed by atoms with E-state index in [-0.39, 0.29) is 12.1 Å². The first-order valence-corrected chi connectivity index (χ1v) is 7.07. The van der Waals surface area contributed by atoms with Gasteiger partial charge in [0.25, 0.3) is 0 Å². The normalized spacial score (nSPS) is 14.3. The van der Waals surface area contributed by atoms with Crippen molar-refractivity contribution in [2.75, 3.05) is 6.54 Å². The van der Waals surface area contributed by atoms with Gasteiger partial charge in [-0.2, -0.15) is 13.2 Å². The molecule has 3 N–H and O–H groups in total. The number of rotatable bonds is 6. The molecule has 22 heavy (non-hydrogen) atoms. The Kier molecular flexibility index (Phi) is 6.67. The van der Waals surface area contributed by atoms with Crippen molar-refractivity contribution in [3.8, 4) is 0 Å². The first-order chi connectivity index (χ1) is 10.2. The molecule has 0 spiro atoms. The molecule has 0 bridgehead atoms. The van der Waals surface area contributed by atoms with Gasteiger partial charge in [-0.25, -0.2) is 4.79 Å². The molecule has 2 unspecified atom stereocenters. The number of urea groups is 1. The standard InChI is InChI=1S/C15H21F3N2O2/c1-10(20-14(22)19-8-7-11(2)21)9-12-3-5-13(6-4-12)15(16,17)18/h3-6,10-11,21H,7-9H2,1-2H3,(H2,19,20,22). The summed E-state index contributed by atoms with van der Waals surface area (Å²) in [7, 11) is 0. The maximum absolute atomic E-state index is 12.4. The Morgan fingerprint density at radius 3 is 2.32 bits per heavy atom. The molecule has 4 nitrogen and oxygen atoms in total. The molecule has 0 aliphatic rings. The zero-order valence-electron chi connectivity index (χ0n) is 12.6. The van der Waals surface area contributed by atoms with Crippen molar-refractivity contribution in [1.82, 2.24) is 10.6 Å². The van der Waals surface area contributed by atoms with E-state index in [1.54, 1.807) is 13.8 Å². The van der Waals surface area contributed by atoms with Crippen molar-refractivity contribution in [2.45, 2.75) is 45.0 Å². The van der Waals surface area contributed by atoms with Gasteiger partial charge >= 0.3 is 12.2 Å². The maximum atomic E-state index is 12.4. The lowest BCUT2D eigenvalue weighted by Crippen LogP contribution is -2.42. The molecule has 2 amide bonds. The lowest BCUT2D eigenvalue weighted by atomic mass is 10.1. The molecule has 1 aromatic rings. The highest BCUT2D eigenvalue weighted by atomic mass is 19.4. The lowest BCUT2D eigenvalue weighted by molar-refractivity contribution is -0.137. The first-order valence-electron chi connectivity index (χ1n) is 7.07. The van der Waals surface area contributed by atoms with Crippen LogP contribution in [0.4, 0.5) is 18.0 Å². The number of hydrogen-bond acceptors (Lipinski definition) is 2. The van der Waals surface area contributed by atoms with Crippen LogP contribution in [0.2, 0.25) is 0 Å². The molecule has 0 aliphatic carbocycles. The second-order valence-corrected chi connectivity index (χ2v) is 5.34. The molecule has 124 valence electrons. The molecule has 0 saturated heterocycles. The van der Waals surface area contributed by atoms with E-state index in [9.17, 15) is 18.0 Å². The zero-order chi connectivity index (χ0) is 16.8. The van der Waals surface area contributed by atoms with E-state index in [1.165, 1.54) is 12.1 Å². The third-order valence-corrected chi connectivity index (χ3v) is 3.05. The Morgan fingerprint density at radius 2 is 1.82 bits per heavy atom. The summed E-state index contributed by atoms with van der Waals surface area (Å²) < 4.78 is 37.3. The lowest BCUT2D eigenvalue weighted by Gasteiger charge is -2.15. The second-order valence-electron chi connectivity index (χ2n) is 5.34. The second kappa shape index (κ2) is 8.03. The van der Waals surface area contributed by atoms with Crippen molar-refractivity contribution in [1.29, 1.82) is 0 Å². The fourth-order valence-electron chi connectivity index (χ4n) is 1.90. The molecule has 1 aromatic carbocycles. The van der Waals surface area contributed by atoms with Crippen LogP contribution < -0.4 is 10.6 Å². The Labute approximate surface area is 127 Å². The van der Waals surface area contributed by atoms with Crippen LogP contribution >= 0.6 is 0 Å². The summed E-state index contributed by atoms with van der Waals surface area (Å²) in [4.78, 5) is 11.6. The number of alkyl halides is 3. The molecule has 0 aliphatic heterocycles. The van der Waals surface area contributed by atoms with E-state index >= 15 is 0 Å². The summed E-state index contributed by atoms with van der Waals surface area (Å²) in [6, 6.07) is 4.30. The Morgan fingerprint density at radius 1 is 1.23 bits per heavy atom. The summed E-state index contributed by atoms with van der Waals surface area (Å²) in [5.74, 6) is 0. The predicted octanol–water partition coefficient (Wildman–Crippen LogP) is 2.71. The van der Waals surface area contributed by atoms with Crippen LogP contribution in [0.3, 0.4) is 0 Å². The van der Waals surface area contributed by atoms with Gasteiger partial charge in [-0.05, 0) is 44.4 Å². The van der Waals surface area contributed by atoms with E-state index < -0.39 is 17.8 Å². The van der Waals surface area contributed by atoms with Gasteiger partial charge in [0.05, 0.1) is 11.7 Å². The number of carbonyl (C=O) groups excluding carboxylic acids is 1. The third kappa shape index (κ3) is 6.80. The van der Waals surface area contributed by atoms with Gasteiger partial charge < -0.3 is 15.7 Å². The summed E-state index contributed by atoms with van der Waals surface area (Å²) in [5, 5.41) is 14.4. The van der Waals surface area contributed by atoms with Gasteiger partial charge in [0.15, 0.2) is 0 Å². The van der Waals surface area contributed by atoms with Crippen molar-refractivity contribution in [2.24, 2.45) is 0 Å². The van der Waals surface area contributed by atoms with E-state index in [0.29, 0.717) is 24.9 Å². The van der Waals surface area contributed by atoms with Crippen molar-refractivity contribution < 1.29 is 23.1 Å². The molecule has 0 saturated carbocycles. The zero-order valence-corrected chi connectivity index (χ0v) is 12.6. The average Bonchev–Trinajstić information content (AvgIpc) is 2.37. The minimum absolute atomic E-state index is 0.219. The van der Waals surface area contributed by atoms with Crippen LogP contribution in [0, 0.1) is 0 Å². The number of amides is 2. The van der Waals surface area contributed by atoms with Crippen molar-refractivity contribution >= 4 is 6.03 Å². The Hall–Kier alpha value is -1.76. The van der Waals surface area contributed by atoms with Gasteiger partial charge in [-0.15, -0.1) is 0 Å². The molecule has 7 heteroatoms. The topological polar surface area (TPSA) is 61.4 Å².